The van der Waals surface area contributed by atoms with Crippen LogP contribution in [0.5, 0.6) is 0 Å². The summed E-state index contributed by atoms with van der Waals surface area (Å²) in [6, 6.07) is 20.2. The molecule has 0 fully saturated rings. The second kappa shape index (κ2) is 8.86. The fourth-order valence-electron chi connectivity index (χ4n) is 3.04. The first-order valence-corrected chi connectivity index (χ1v) is 11.2. The predicted molar refractivity (Wildman–Crippen MR) is 114 cm³/mol. The highest BCUT2D eigenvalue weighted by atomic mass is 79.9. The smallest absolute Gasteiger partial charge is 0.240 e. The zero-order chi connectivity index (χ0) is 20.1. The molecule has 5 nitrogen and oxygen atoms in total. The van der Waals surface area contributed by atoms with Crippen LogP contribution in [-0.2, 0) is 14.8 Å². The highest BCUT2D eigenvalue weighted by molar-refractivity contribution is 9.10. The van der Waals surface area contributed by atoms with Crippen LogP contribution in [0.3, 0.4) is 0 Å². The number of hydrogen-bond donors (Lipinski definition) is 2. The van der Waals surface area contributed by atoms with Gasteiger partial charge in [-0.25, -0.2) is 13.1 Å². The van der Waals surface area contributed by atoms with Crippen molar-refractivity contribution < 1.29 is 13.2 Å². The van der Waals surface area contributed by atoms with Crippen LogP contribution >= 0.6 is 15.9 Å². The number of carbonyl (C=O) groups is 1. The number of sulfonamides is 1. The van der Waals surface area contributed by atoms with E-state index in [4.69, 9.17) is 0 Å². The maximum Gasteiger partial charge on any atom is 0.240 e. The molecule has 146 valence electrons. The van der Waals surface area contributed by atoms with Crippen molar-refractivity contribution >= 4 is 42.6 Å². The molecule has 3 aromatic carbocycles. The molecule has 7 heteroatoms. The zero-order valence-corrected chi connectivity index (χ0v) is 17.8. The van der Waals surface area contributed by atoms with Crippen molar-refractivity contribution in [3.8, 4) is 0 Å². The topological polar surface area (TPSA) is 75.3 Å². The summed E-state index contributed by atoms with van der Waals surface area (Å²) in [6.07, 6.45) is 0.0579. The summed E-state index contributed by atoms with van der Waals surface area (Å²) in [7, 11) is -3.65. The fraction of sp³-hybridized carbons (Fsp3) is 0.190. The Bertz CT molecular complexity index is 1090. The Kier molecular flexibility index (Phi) is 6.49. The Balaban J connectivity index is 1.58. The van der Waals surface area contributed by atoms with Crippen LogP contribution in [0.2, 0.25) is 0 Å². The minimum absolute atomic E-state index is 0.0307. The lowest BCUT2D eigenvalue weighted by Gasteiger charge is -2.17. The average molecular weight is 461 g/mol. The minimum Gasteiger partial charge on any atom is -0.350 e. The van der Waals surface area contributed by atoms with Gasteiger partial charge in [-0.2, -0.15) is 0 Å². The second-order valence-electron chi connectivity index (χ2n) is 6.46. The van der Waals surface area contributed by atoms with Crippen LogP contribution in [0.25, 0.3) is 10.8 Å². The van der Waals surface area contributed by atoms with E-state index in [2.05, 4.69) is 26.0 Å². The lowest BCUT2D eigenvalue weighted by atomic mass is 9.99. The molecule has 0 unspecified atom stereocenters. The summed E-state index contributed by atoms with van der Waals surface area (Å²) in [5.41, 5.74) is 1.03. The van der Waals surface area contributed by atoms with E-state index in [1.807, 2.05) is 49.4 Å². The van der Waals surface area contributed by atoms with Crippen molar-refractivity contribution in [2.45, 2.75) is 24.3 Å². The lowest BCUT2D eigenvalue weighted by Crippen LogP contribution is -2.32. The monoisotopic (exact) mass is 460 g/mol. The maximum absolute atomic E-state index is 12.3. The van der Waals surface area contributed by atoms with Crippen molar-refractivity contribution in [1.82, 2.24) is 10.0 Å². The van der Waals surface area contributed by atoms with Crippen LogP contribution < -0.4 is 10.0 Å². The molecular weight excluding hydrogens is 440 g/mol. The molecule has 3 rings (SSSR count). The van der Waals surface area contributed by atoms with Crippen molar-refractivity contribution in [3.63, 3.8) is 0 Å². The number of fused-ring (bicyclic) bond motifs is 1. The van der Waals surface area contributed by atoms with Crippen molar-refractivity contribution in [2.24, 2.45) is 0 Å². The molecule has 2 N–H and O–H groups in total. The Labute approximate surface area is 173 Å². The summed E-state index contributed by atoms with van der Waals surface area (Å²) in [5.74, 6) is -0.211. The molecule has 0 heterocycles. The standard InChI is InChI=1S/C21H21BrN2O3S/c1-15(19-11-4-7-16-6-2-3-10-20(16)19)24-21(25)12-13-23-28(26,27)18-9-5-8-17(22)14-18/h2-11,14-15,23H,12-13H2,1H3,(H,24,25)/t15-/m1/s1. The average Bonchev–Trinajstić information content (AvgIpc) is 2.67. The summed E-state index contributed by atoms with van der Waals surface area (Å²) < 4.78 is 27.7. The van der Waals surface area contributed by atoms with E-state index in [9.17, 15) is 13.2 Å². The molecule has 0 aliphatic heterocycles. The third-order valence-corrected chi connectivity index (χ3v) is 6.37. The summed E-state index contributed by atoms with van der Waals surface area (Å²) in [6.45, 7) is 1.95. The number of hydrogen-bond acceptors (Lipinski definition) is 3. The summed E-state index contributed by atoms with van der Waals surface area (Å²) in [4.78, 5) is 12.4. The molecule has 1 atom stereocenters. The number of rotatable bonds is 7. The number of halogens is 1. The Morgan fingerprint density at radius 1 is 1.04 bits per heavy atom. The van der Waals surface area contributed by atoms with Crippen LogP contribution in [0, 0.1) is 0 Å². The van der Waals surface area contributed by atoms with Gasteiger partial charge in [0.15, 0.2) is 0 Å². The second-order valence-corrected chi connectivity index (χ2v) is 9.15. The number of benzene rings is 3. The van der Waals surface area contributed by atoms with Gasteiger partial charge in [0.2, 0.25) is 15.9 Å². The third-order valence-electron chi connectivity index (χ3n) is 4.42. The number of nitrogens with one attached hydrogen (secondary N) is 2. The molecule has 0 bridgehead atoms. The van der Waals surface area contributed by atoms with E-state index in [-0.39, 0.29) is 29.8 Å². The number of amides is 1. The molecular formula is C21H21BrN2O3S. The van der Waals surface area contributed by atoms with Gasteiger partial charge in [0, 0.05) is 17.4 Å². The van der Waals surface area contributed by atoms with Gasteiger partial charge in [0.25, 0.3) is 0 Å². The van der Waals surface area contributed by atoms with E-state index >= 15 is 0 Å². The Hall–Kier alpha value is -2.22. The first kappa shape index (κ1) is 20.5. The van der Waals surface area contributed by atoms with Gasteiger partial charge in [-0.1, -0.05) is 64.5 Å². The van der Waals surface area contributed by atoms with E-state index in [1.54, 1.807) is 12.1 Å². The van der Waals surface area contributed by atoms with Gasteiger partial charge < -0.3 is 5.32 Å². The van der Waals surface area contributed by atoms with Gasteiger partial charge in [0.1, 0.15) is 0 Å². The molecule has 3 aromatic rings. The first-order chi connectivity index (χ1) is 13.4. The molecule has 0 saturated carbocycles. The van der Waals surface area contributed by atoms with Crippen molar-refractivity contribution in [2.75, 3.05) is 6.54 Å². The predicted octanol–water partition coefficient (Wildman–Crippen LogP) is 4.15. The van der Waals surface area contributed by atoms with Crippen LogP contribution in [0.15, 0.2) is 76.1 Å². The molecule has 0 aliphatic rings. The van der Waals surface area contributed by atoms with Crippen molar-refractivity contribution in [3.05, 3.63) is 76.8 Å². The normalized spacial score (nSPS) is 12.6. The van der Waals surface area contributed by atoms with Gasteiger partial charge in [-0.3, -0.25) is 4.79 Å². The van der Waals surface area contributed by atoms with Crippen molar-refractivity contribution in [1.29, 1.82) is 0 Å². The number of carbonyl (C=O) groups excluding carboxylic acids is 1. The summed E-state index contributed by atoms with van der Waals surface area (Å²) >= 11 is 3.26. The SMILES string of the molecule is C[C@@H](NC(=O)CCNS(=O)(=O)c1cccc(Br)c1)c1cccc2ccccc12. The third kappa shape index (κ3) is 4.98. The molecule has 0 radical (unpaired) electrons. The van der Waals surface area contributed by atoms with Gasteiger partial charge in [-0.15, -0.1) is 0 Å². The molecule has 1 amide bonds. The first-order valence-electron chi connectivity index (χ1n) is 8.89. The minimum atomic E-state index is -3.65. The molecule has 28 heavy (non-hydrogen) atoms. The van der Waals surface area contributed by atoms with Gasteiger partial charge >= 0.3 is 0 Å². The van der Waals surface area contributed by atoms with E-state index in [1.165, 1.54) is 12.1 Å². The molecule has 0 saturated heterocycles. The van der Waals surface area contributed by atoms with Gasteiger partial charge in [0.05, 0.1) is 10.9 Å². The van der Waals surface area contributed by atoms with E-state index in [0.717, 1.165) is 16.3 Å². The van der Waals surface area contributed by atoms with Crippen LogP contribution in [0.4, 0.5) is 0 Å². The zero-order valence-electron chi connectivity index (χ0n) is 15.4. The quantitative estimate of drug-likeness (QED) is 0.555. The largest absolute Gasteiger partial charge is 0.350 e. The maximum atomic E-state index is 12.3. The Morgan fingerprint density at radius 2 is 1.75 bits per heavy atom. The van der Waals surface area contributed by atoms with Crippen LogP contribution in [-0.4, -0.2) is 20.9 Å². The van der Waals surface area contributed by atoms with Gasteiger partial charge in [-0.05, 0) is 41.5 Å². The Morgan fingerprint density at radius 3 is 2.54 bits per heavy atom. The molecule has 0 aliphatic carbocycles. The molecule has 0 aromatic heterocycles. The van der Waals surface area contributed by atoms with E-state index in [0.29, 0.717) is 4.47 Å². The highest BCUT2D eigenvalue weighted by Crippen LogP contribution is 2.24. The molecule has 0 spiro atoms. The van der Waals surface area contributed by atoms with Crippen LogP contribution in [0.1, 0.15) is 24.9 Å². The highest BCUT2D eigenvalue weighted by Gasteiger charge is 2.16. The summed E-state index contributed by atoms with van der Waals surface area (Å²) in [5, 5.41) is 5.15. The van der Waals surface area contributed by atoms with E-state index < -0.39 is 10.0 Å². The fourth-order valence-corrected chi connectivity index (χ4v) is 4.66. The lowest BCUT2D eigenvalue weighted by molar-refractivity contribution is -0.121.